The molecule has 18 heavy (non-hydrogen) atoms. The van der Waals surface area contributed by atoms with Gasteiger partial charge in [0.15, 0.2) is 0 Å². The fourth-order valence-corrected chi connectivity index (χ4v) is 2.09. The molecule has 0 saturated carbocycles. The van der Waals surface area contributed by atoms with E-state index in [1.165, 1.54) is 11.6 Å². The van der Waals surface area contributed by atoms with Gasteiger partial charge in [-0.3, -0.25) is 0 Å². The monoisotopic (exact) mass is 243 g/mol. The van der Waals surface area contributed by atoms with E-state index in [0.29, 0.717) is 5.56 Å². The summed E-state index contributed by atoms with van der Waals surface area (Å²) in [4.78, 5) is 0. The summed E-state index contributed by atoms with van der Waals surface area (Å²) in [6, 6.07) is 13.1. The van der Waals surface area contributed by atoms with E-state index < -0.39 is 0 Å². The summed E-state index contributed by atoms with van der Waals surface area (Å²) in [6.07, 6.45) is 0. The zero-order valence-corrected chi connectivity index (χ0v) is 10.8. The largest absolute Gasteiger partial charge is 0.313 e. The van der Waals surface area contributed by atoms with Crippen molar-refractivity contribution in [3.05, 3.63) is 59.4 Å². The lowest BCUT2D eigenvalue weighted by Gasteiger charge is -2.10. The van der Waals surface area contributed by atoms with Gasteiger partial charge in [0.25, 0.3) is 0 Å². The molecular formula is C16H18FN. The number of benzene rings is 2. The Labute approximate surface area is 108 Å². The summed E-state index contributed by atoms with van der Waals surface area (Å²) in [5.74, 6) is -0.167. The van der Waals surface area contributed by atoms with E-state index in [-0.39, 0.29) is 5.82 Å². The predicted molar refractivity (Wildman–Crippen MR) is 74.0 cm³/mol. The molecule has 0 fully saturated rings. The molecule has 0 bridgehead atoms. The Bertz CT molecular complexity index is 534. The highest BCUT2D eigenvalue weighted by molar-refractivity contribution is 5.68. The van der Waals surface area contributed by atoms with Crippen molar-refractivity contribution in [3.8, 4) is 11.1 Å². The number of rotatable bonds is 4. The van der Waals surface area contributed by atoms with E-state index in [4.69, 9.17) is 0 Å². The molecule has 94 valence electrons. The first-order chi connectivity index (χ1) is 8.72. The van der Waals surface area contributed by atoms with Gasteiger partial charge in [-0.05, 0) is 36.2 Å². The molecule has 1 N–H and O–H groups in total. The number of hydrogen-bond donors (Lipinski definition) is 1. The van der Waals surface area contributed by atoms with Crippen molar-refractivity contribution in [2.45, 2.75) is 20.4 Å². The van der Waals surface area contributed by atoms with Gasteiger partial charge >= 0.3 is 0 Å². The van der Waals surface area contributed by atoms with Crippen molar-refractivity contribution in [2.75, 3.05) is 6.54 Å². The lowest BCUT2D eigenvalue weighted by molar-refractivity contribution is 0.631. The molecule has 0 spiro atoms. The Hall–Kier alpha value is -1.67. The van der Waals surface area contributed by atoms with Gasteiger partial charge in [0.1, 0.15) is 5.82 Å². The molecule has 0 radical (unpaired) electrons. The molecule has 0 aromatic heterocycles. The van der Waals surface area contributed by atoms with Crippen LogP contribution in [0.25, 0.3) is 11.1 Å². The van der Waals surface area contributed by atoms with Crippen LogP contribution >= 0.6 is 0 Å². The average Bonchev–Trinajstić information content (AvgIpc) is 2.38. The third-order valence-electron chi connectivity index (χ3n) is 3.03. The molecule has 0 heterocycles. The maximum atomic E-state index is 13.7. The van der Waals surface area contributed by atoms with Crippen LogP contribution in [-0.2, 0) is 6.54 Å². The second kappa shape index (κ2) is 5.78. The van der Waals surface area contributed by atoms with E-state index in [9.17, 15) is 4.39 Å². The van der Waals surface area contributed by atoms with Crippen molar-refractivity contribution in [3.63, 3.8) is 0 Å². The van der Waals surface area contributed by atoms with Crippen molar-refractivity contribution in [2.24, 2.45) is 0 Å². The third-order valence-corrected chi connectivity index (χ3v) is 3.03. The summed E-state index contributed by atoms with van der Waals surface area (Å²) >= 11 is 0. The van der Waals surface area contributed by atoms with E-state index in [1.54, 1.807) is 6.07 Å². The minimum atomic E-state index is -0.167. The molecule has 0 atom stereocenters. The fourth-order valence-electron chi connectivity index (χ4n) is 2.09. The minimum Gasteiger partial charge on any atom is -0.313 e. The van der Waals surface area contributed by atoms with Crippen LogP contribution in [0.2, 0.25) is 0 Å². The molecule has 2 aromatic carbocycles. The number of halogens is 1. The fraction of sp³-hybridized carbons (Fsp3) is 0.250. The first-order valence-electron chi connectivity index (χ1n) is 6.27. The normalized spacial score (nSPS) is 10.6. The molecule has 0 amide bonds. The first kappa shape index (κ1) is 12.8. The van der Waals surface area contributed by atoms with Gasteiger partial charge in [-0.25, -0.2) is 4.39 Å². The van der Waals surface area contributed by atoms with Crippen LogP contribution in [0.3, 0.4) is 0 Å². The highest BCUT2D eigenvalue weighted by Gasteiger charge is 2.07. The lowest BCUT2D eigenvalue weighted by Crippen LogP contribution is -2.11. The van der Waals surface area contributed by atoms with Gasteiger partial charge in [0, 0.05) is 12.1 Å². The molecule has 0 aliphatic rings. The van der Waals surface area contributed by atoms with E-state index in [2.05, 4.69) is 24.4 Å². The molecular weight excluding hydrogens is 225 g/mol. The Morgan fingerprint density at radius 1 is 1.06 bits per heavy atom. The van der Waals surface area contributed by atoms with Crippen molar-refractivity contribution in [1.29, 1.82) is 0 Å². The molecule has 2 aromatic rings. The summed E-state index contributed by atoms with van der Waals surface area (Å²) in [5, 5.41) is 3.29. The Kier molecular flexibility index (Phi) is 4.11. The quantitative estimate of drug-likeness (QED) is 0.858. The molecule has 1 nitrogen and oxygen atoms in total. The molecule has 0 aliphatic heterocycles. The van der Waals surface area contributed by atoms with Crippen LogP contribution in [-0.4, -0.2) is 6.54 Å². The summed E-state index contributed by atoms with van der Waals surface area (Å²) in [7, 11) is 0. The Morgan fingerprint density at radius 2 is 1.83 bits per heavy atom. The highest BCUT2D eigenvalue weighted by atomic mass is 19.1. The number of nitrogens with one attached hydrogen (secondary N) is 1. The van der Waals surface area contributed by atoms with Gasteiger partial charge in [-0.1, -0.05) is 43.3 Å². The Balaban J connectivity index is 2.33. The summed E-state index contributed by atoms with van der Waals surface area (Å²) < 4.78 is 13.7. The topological polar surface area (TPSA) is 12.0 Å². The van der Waals surface area contributed by atoms with Crippen LogP contribution in [0.15, 0.2) is 42.5 Å². The average molecular weight is 243 g/mol. The van der Waals surface area contributed by atoms with Crippen LogP contribution in [0.5, 0.6) is 0 Å². The van der Waals surface area contributed by atoms with Crippen LogP contribution in [0, 0.1) is 12.7 Å². The molecule has 2 heteroatoms. The molecule has 0 unspecified atom stereocenters. The van der Waals surface area contributed by atoms with E-state index >= 15 is 0 Å². The van der Waals surface area contributed by atoms with Gasteiger partial charge in [-0.15, -0.1) is 0 Å². The van der Waals surface area contributed by atoms with Crippen LogP contribution in [0.4, 0.5) is 4.39 Å². The predicted octanol–water partition coefficient (Wildman–Crippen LogP) is 3.91. The van der Waals surface area contributed by atoms with Crippen LogP contribution in [0.1, 0.15) is 18.1 Å². The van der Waals surface area contributed by atoms with Gasteiger partial charge in [0.2, 0.25) is 0 Å². The van der Waals surface area contributed by atoms with Crippen molar-refractivity contribution < 1.29 is 4.39 Å². The van der Waals surface area contributed by atoms with E-state index in [1.807, 2.05) is 25.1 Å². The zero-order chi connectivity index (χ0) is 13.0. The SMILES string of the molecule is CCNCc1ccc(-c2ccccc2F)c(C)c1. The molecule has 0 aliphatic carbocycles. The lowest BCUT2D eigenvalue weighted by atomic mass is 9.98. The minimum absolute atomic E-state index is 0.167. The number of hydrogen-bond acceptors (Lipinski definition) is 1. The maximum Gasteiger partial charge on any atom is 0.131 e. The summed E-state index contributed by atoms with van der Waals surface area (Å²) in [5.41, 5.74) is 3.98. The second-order valence-corrected chi connectivity index (χ2v) is 4.41. The van der Waals surface area contributed by atoms with Gasteiger partial charge < -0.3 is 5.32 Å². The maximum absolute atomic E-state index is 13.7. The van der Waals surface area contributed by atoms with Gasteiger partial charge in [-0.2, -0.15) is 0 Å². The highest BCUT2D eigenvalue weighted by Crippen LogP contribution is 2.26. The smallest absolute Gasteiger partial charge is 0.131 e. The molecule has 2 rings (SSSR count). The van der Waals surface area contributed by atoms with Gasteiger partial charge in [0.05, 0.1) is 0 Å². The molecule has 0 saturated heterocycles. The standard InChI is InChI=1S/C16H18FN/c1-3-18-11-13-8-9-14(12(2)10-13)15-6-4-5-7-16(15)17/h4-10,18H,3,11H2,1-2H3. The zero-order valence-electron chi connectivity index (χ0n) is 10.8. The van der Waals surface area contributed by atoms with Crippen LogP contribution < -0.4 is 5.32 Å². The van der Waals surface area contributed by atoms with Crippen molar-refractivity contribution >= 4 is 0 Å². The number of aryl methyl sites for hydroxylation is 1. The first-order valence-corrected chi connectivity index (χ1v) is 6.27. The Morgan fingerprint density at radius 3 is 2.50 bits per heavy atom. The summed E-state index contributed by atoms with van der Waals surface area (Å²) in [6.45, 7) is 5.92. The third kappa shape index (κ3) is 2.77. The van der Waals surface area contributed by atoms with Crippen molar-refractivity contribution in [1.82, 2.24) is 5.32 Å². The second-order valence-electron chi connectivity index (χ2n) is 4.41. The van der Waals surface area contributed by atoms with E-state index in [0.717, 1.165) is 24.2 Å².